The van der Waals surface area contributed by atoms with Crippen LogP contribution in [0.25, 0.3) is 11.1 Å². The average molecular weight is 333 g/mol. The number of hydrogen-bond acceptors (Lipinski definition) is 3. The Hall–Kier alpha value is -0.510. The molecule has 0 aromatic heterocycles. The molecule has 1 aliphatic rings. The van der Waals surface area contributed by atoms with Gasteiger partial charge in [0.2, 0.25) is 0 Å². The van der Waals surface area contributed by atoms with Gasteiger partial charge >= 0.3 is 0 Å². The lowest BCUT2D eigenvalue weighted by Gasteiger charge is -2.08. The summed E-state index contributed by atoms with van der Waals surface area (Å²) in [6.45, 7) is 2.22. The third-order valence-corrected chi connectivity index (χ3v) is 7.46. The van der Waals surface area contributed by atoms with E-state index in [1.807, 2.05) is 21.6 Å². The molecule has 0 unspecified atom stereocenters. The van der Waals surface area contributed by atoms with E-state index in [1.165, 1.54) is 39.5 Å². The molecular weight excluding hydrogens is 312 g/mol. The summed E-state index contributed by atoms with van der Waals surface area (Å²) in [5, 5.41) is 0. The quantitative estimate of drug-likeness (QED) is 0.391. The van der Waals surface area contributed by atoms with Crippen molar-refractivity contribution in [1.29, 1.82) is 0 Å². The zero-order chi connectivity index (χ0) is 14.5. The van der Waals surface area contributed by atoms with E-state index in [-0.39, 0.29) is 0 Å². The highest BCUT2D eigenvalue weighted by atomic mass is 33.1. The van der Waals surface area contributed by atoms with Gasteiger partial charge in [0.15, 0.2) is 0 Å². The zero-order valence-corrected chi connectivity index (χ0v) is 14.8. The van der Waals surface area contributed by atoms with E-state index in [9.17, 15) is 0 Å². The summed E-state index contributed by atoms with van der Waals surface area (Å²) in [7, 11) is 3.97. The lowest BCUT2D eigenvalue weighted by molar-refractivity contribution is 1.20. The van der Waals surface area contributed by atoms with Crippen LogP contribution < -0.4 is 0 Å². The van der Waals surface area contributed by atoms with Gasteiger partial charge in [0.05, 0.1) is 0 Å². The van der Waals surface area contributed by atoms with Crippen molar-refractivity contribution in [3.63, 3.8) is 0 Å². The van der Waals surface area contributed by atoms with Crippen molar-refractivity contribution in [3.05, 3.63) is 59.2 Å². The van der Waals surface area contributed by atoms with Crippen molar-refractivity contribution in [2.45, 2.75) is 19.1 Å². The first-order valence-corrected chi connectivity index (χ1v) is 11.1. The van der Waals surface area contributed by atoms with Crippen LogP contribution in [0.4, 0.5) is 0 Å². The number of hydrogen-bond donors (Lipinski definition) is 0. The molecule has 0 nitrogen and oxygen atoms in total. The molecule has 0 spiro atoms. The highest BCUT2D eigenvalue weighted by Gasteiger charge is 2.19. The molecule has 3 heteroatoms. The molecule has 1 aliphatic carbocycles. The van der Waals surface area contributed by atoms with Gasteiger partial charge in [-0.05, 0) is 34.2 Å². The van der Waals surface area contributed by atoms with Crippen LogP contribution in [0.1, 0.15) is 23.6 Å². The molecule has 2 aromatic carbocycles. The van der Waals surface area contributed by atoms with E-state index < -0.39 is 0 Å². The molecule has 0 amide bonds. The Morgan fingerprint density at radius 1 is 0.905 bits per heavy atom. The van der Waals surface area contributed by atoms with Crippen molar-refractivity contribution >= 4 is 33.3 Å². The second-order valence-electron chi connectivity index (χ2n) is 5.06. The maximum atomic E-state index is 2.31. The molecule has 0 N–H and O–H groups in total. The molecule has 0 heterocycles. The van der Waals surface area contributed by atoms with E-state index in [0.717, 1.165) is 12.2 Å². The third kappa shape index (κ3) is 3.64. The minimum absolute atomic E-state index is 1.11. The van der Waals surface area contributed by atoms with Gasteiger partial charge in [-0.25, -0.2) is 0 Å². The first-order chi connectivity index (χ1) is 10.4. The van der Waals surface area contributed by atoms with Gasteiger partial charge in [-0.1, -0.05) is 71.0 Å². The van der Waals surface area contributed by atoms with Gasteiger partial charge in [0, 0.05) is 23.0 Å². The van der Waals surface area contributed by atoms with Crippen LogP contribution >= 0.6 is 33.3 Å². The van der Waals surface area contributed by atoms with Crippen LogP contribution in [0.3, 0.4) is 0 Å². The second kappa shape index (κ2) is 7.66. The molecule has 0 atom stereocenters. The number of fused-ring (bicyclic) bond motifs is 3. The van der Waals surface area contributed by atoms with Gasteiger partial charge in [-0.2, -0.15) is 11.8 Å². The summed E-state index contributed by atoms with van der Waals surface area (Å²) in [6, 6.07) is 15.6. The summed E-state index contributed by atoms with van der Waals surface area (Å²) in [6.07, 6.45) is 1.11. The van der Waals surface area contributed by atoms with E-state index in [0.29, 0.717) is 0 Å². The number of benzene rings is 2. The van der Waals surface area contributed by atoms with E-state index in [4.69, 9.17) is 0 Å². The Morgan fingerprint density at radius 3 is 2.67 bits per heavy atom. The van der Waals surface area contributed by atoms with Crippen LogP contribution in [0.5, 0.6) is 0 Å². The molecule has 0 radical (unpaired) electrons. The summed E-state index contributed by atoms with van der Waals surface area (Å²) < 4.78 is 0. The molecule has 3 rings (SSSR count). The lowest BCUT2D eigenvalue weighted by Crippen LogP contribution is -1.92. The molecule has 2 aromatic rings. The first-order valence-electron chi connectivity index (χ1n) is 7.41. The van der Waals surface area contributed by atoms with Crippen LogP contribution in [0, 0.1) is 0 Å². The maximum Gasteiger partial charge on any atom is 0.0187 e. The monoisotopic (exact) mass is 332 g/mol. The molecule has 0 fully saturated rings. The van der Waals surface area contributed by atoms with Crippen molar-refractivity contribution in [2.24, 2.45) is 0 Å². The number of thioether (sulfide) groups is 1. The molecule has 0 saturated carbocycles. The lowest BCUT2D eigenvalue weighted by atomic mass is 10.0. The smallest absolute Gasteiger partial charge is 0.0187 e. The van der Waals surface area contributed by atoms with Crippen LogP contribution in [-0.2, 0) is 12.2 Å². The fourth-order valence-corrected chi connectivity index (χ4v) is 5.90. The molecule has 0 bridgehead atoms. The SMILES string of the molecule is CCSSCCSCc1cccc2c1Cc1ccccc1-2. The predicted octanol–water partition coefficient (Wildman–Crippen LogP) is 5.89. The van der Waals surface area contributed by atoms with E-state index in [1.54, 1.807) is 5.56 Å². The predicted molar refractivity (Wildman–Crippen MR) is 101 cm³/mol. The molecule has 110 valence electrons. The van der Waals surface area contributed by atoms with Crippen molar-refractivity contribution in [3.8, 4) is 11.1 Å². The zero-order valence-electron chi connectivity index (χ0n) is 12.3. The molecule has 0 saturated heterocycles. The first kappa shape index (κ1) is 15.4. The molecule has 0 aliphatic heterocycles. The van der Waals surface area contributed by atoms with Crippen LogP contribution in [0.15, 0.2) is 42.5 Å². The highest BCUT2D eigenvalue weighted by Crippen LogP contribution is 2.39. The van der Waals surface area contributed by atoms with Gasteiger partial charge in [0.1, 0.15) is 0 Å². The largest absolute Gasteiger partial charge is 0.156 e. The van der Waals surface area contributed by atoms with E-state index in [2.05, 4.69) is 61.2 Å². The van der Waals surface area contributed by atoms with Gasteiger partial charge in [-0.15, -0.1) is 0 Å². The average Bonchev–Trinajstić information content (AvgIpc) is 2.90. The topological polar surface area (TPSA) is 0 Å². The maximum absolute atomic E-state index is 2.31. The second-order valence-corrected chi connectivity index (χ2v) is 9.03. The number of rotatable bonds is 7. The Morgan fingerprint density at radius 2 is 1.76 bits per heavy atom. The van der Waals surface area contributed by atoms with Crippen molar-refractivity contribution < 1.29 is 0 Å². The Kier molecular flexibility index (Phi) is 5.61. The Balaban J connectivity index is 1.64. The third-order valence-electron chi connectivity index (χ3n) is 3.72. The van der Waals surface area contributed by atoms with Gasteiger partial charge in [-0.3, -0.25) is 0 Å². The van der Waals surface area contributed by atoms with Crippen LogP contribution in [-0.4, -0.2) is 17.3 Å². The van der Waals surface area contributed by atoms with Gasteiger partial charge < -0.3 is 0 Å². The minimum Gasteiger partial charge on any atom is -0.156 e. The Labute approximate surface area is 139 Å². The fraction of sp³-hybridized carbons (Fsp3) is 0.333. The van der Waals surface area contributed by atoms with Crippen molar-refractivity contribution in [1.82, 2.24) is 0 Å². The van der Waals surface area contributed by atoms with E-state index >= 15 is 0 Å². The Bertz CT molecular complexity index is 607. The molecule has 21 heavy (non-hydrogen) atoms. The minimum atomic E-state index is 1.11. The van der Waals surface area contributed by atoms with Crippen molar-refractivity contribution in [2.75, 3.05) is 17.3 Å². The standard InChI is InChI=1S/C18H20S3/c1-2-20-21-11-10-19-13-15-7-5-9-17-16-8-4-3-6-14(16)12-18(15)17/h3-9H,2,10-13H2,1H3. The highest BCUT2D eigenvalue weighted by molar-refractivity contribution is 8.76. The summed E-state index contributed by atoms with van der Waals surface area (Å²) in [5.41, 5.74) is 7.47. The fourth-order valence-electron chi connectivity index (χ4n) is 2.78. The van der Waals surface area contributed by atoms with Gasteiger partial charge in [0.25, 0.3) is 0 Å². The normalized spacial score (nSPS) is 12.2. The molecular formula is C18H20S3. The summed E-state index contributed by atoms with van der Waals surface area (Å²) in [4.78, 5) is 0. The summed E-state index contributed by atoms with van der Waals surface area (Å²) in [5.74, 6) is 4.85. The summed E-state index contributed by atoms with van der Waals surface area (Å²) >= 11 is 2.07. The van der Waals surface area contributed by atoms with Crippen LogP contribution in [0.2, 0.25) is 0 Å².